The van der Waals surface area contributed by atoms with Crippen molar-refractivity contribution in [2.24, 2.45) is 0 Å². The zero-order valence-electron chi connectivity index (χ0n) is 9.36. The molecule has 0 spiro atoms. The summed E-state index contributed by atoms with van der Waals surface area (Å²) in [7, 11) is 0. The number of hydrogen-bond acceptors (Lipinski definition) is 2. The van der Waals surface area contributed by atoms with Gasteiger partial charge in [-0.3, -0.25) is 4.79 Å². The van der Waals surface area contributed by atoms with Crippen molar-refractivity contribution in [3.8, 4) is 0 Å². The number of amides is 1. The number of nitrogens with zero attached hydrogens (tertiary/aromatic N) is 1. The average Bonchev–Trinajstić information content (AvgIpc) is 2.19. The third-order valence-electron chi connectivity index (χ3n) is 2.26. The molecule has 0 saturated heterocycles. The minimum absolute atomic E-state index is 0.158. The Hall–Kier alpha value is -1.51. The van der Waals surface area contributed by atoms with Crippen molar-refractivity contribution >= 4 is 17.3 Å². The summed E-state index contributed by atoms with van der Waals surface area (Å²) in [5.41, 5.74) is 7.26. The van der Waals surface area contributed by atoms with Crippen LogP contribution in [0.4, 0.5) is 11.4 Å². The first-order chi connectivity index (χ1) is 7.19. The number of carbonyl (C=O) groups is 1. The van der Waals surface area contributed by atoms with E-state index >= 15 is 0 Å². The molecule has 2 N–H and O–H groups in total. The van der Waals surface area contributed by atoms with E-state index in [9.17, 15) is 4.79 Å². The first kappa shape index (κ1) is 11.6. The Morgan fingerprint density at radius 3 is 2.67 bits per heavy atom. The van der Waals surface area contributed by atoms with Crippen molar-refractivity contribution in [3.05, 3.63) is 24.3 Å². The molecule has 0 aliphatic rings. The summed E-state index contributed by atoms with van der Waals surface area (Å²) in [4.78, 5) is 13.5. The van der Waals surface area contributed by atoms with Crippen molar-refractivity contribution in [1.29, 1.82) is 0 Å². The third-order valence-corrected chi connectivity index (χ3v) is 2.26. The molecule has 0 unspecified atom stereocenters. The van der Waals surface area contributed by atoms with Gasteiger partial charge in [-0.2, -0.15) is 0 Å². The zero-order chi connectivity index (χ0) is 11.3. The summed E-state index contributed by atoms with van der Waals surface area (Å²) in [6, 6.07) is 7.43. The van der Waals surface area contributed by atoms with E-state index in [1.807, 2.05) is 38.1 Å². The van der Waals surface area contributed by atoms with Gasteiger partial charge in [0.1, 0.15) is 0 Å². The topological polar surface area (TPSA) is 46.3 Å². The predicted octanol–water partition coefficient (Wildman–Crippen LogP) is 2.42. The van der Waals surface area contributed by atoms with E-state index in [2.05, 4.69) is 0 Å². The summed E-state index contributed by atoms with van der Waals surface area (Å²) < 4.78 is 0. The maximum Gasteiger partial charge on any atom is 0.226 e. The molecule has 0 aliphatic heterocycles. The molecule has 0 heterocycles. The van der Waals surface area contributed by atoms with E-state index in [-0.39, 0.29) is 5.91 Å². The highest BCUT2D eigenvalue weighted by Gasteiger charge is 2.12. The van der Waals surface area contributed by atoms with Crippen LogP contribution in [0.15, 0.2) is 24.3 Å². The number of hydrogen-bond donors (Lipinski definition) is 1. The molecule has 0 radical (unpaired) electrons. The highest BCUT2D eigenvalue weighted by Crippen LogP contribution is 2.18. The van der Waals surface area contributed by atoms with Crippen molar-refractivity contribution in [1.82, 2.24) is 0 Å². The molecule has 1 rings (SSSR count). The van der Waals surface area contributed by atoms with Gasteiger partial charge >= 0.3 is 0 Å². The van der Waals surface area contributed by atoms with Gasteiger partial charge in [0, 0.05) is 24.3 Å². The summed E-state index contributed by atoms with van der Waals surface area (Å²) in [5.74, 6) is 0.158. The molecular weight excluding hydrogens is 188 g/mol. The molecular formula is C12H18N2O. The van der Waals surface area contributed by atoms with Crippen LogP contribution in [0.1, 0.15) is 26.7 Å². The van der Waals surface area contributed by atoms with Crippen LogP contribution in [-0.2, 0) is 4.79 Å². The maximum atomic E-state index is 11.8. The molecule has 0 fully saturated rings. The monoisotopic (exact) mass is 206 g/mol. The lowest BCUT2D eigenvalue weighted by Gasteiger charge is -2.21. The van der Waals surface area contributed by atoms with Gasteiger partial charge in [-0.05, 0) is 31.5 Å². The van der Waals surface area contributed by atoms with Crippen molar-refractivity contribution in [2.75, 3.05) is 17.2 Å². The standard InChI is InChI=1S/C12H18N2O/c1-3-6-12(15)14(4-2)11-8-5-7-10(13)9-11/h5,7-9H,3-4,6,13H2,1-2H3. The number of rotatable bonds is 4. The van der Waals surface area contributed by atoms with E-state index in [1.54, 1.807) is 4.90 Å². The smallest absolute Gasteiger partial charge is 0.226 e. The van der Waals surface area contributed by atoms with Crippen LogP contribution in [-0.4, -0.2) is 12.5 Å². The lowest BCUT2D eigenvalue weighted by Crippen LogP contribution is -2.30. The maximum absolute atomic E-state index is 11.8. The first-order valence-electron chi connectivity index (χ1n) is 5.35. The predicted molar refractivity (Wildman–Crippen MR) is 63.8 cm³/mol. The van der Waals surface area contributed by atoms with E-state index in [4.69, 9.17) is 5.73 Å². The quantitative estimate of drug-likeness (QED) is 0.769. The molecule has 0 aromatic heterocycles. The largest absolute Gasteiger partial charge is 0.399 e. The fraction of sp³-hybridized carbons (Fsp3) is 0.417. The van der Waals surface area contributed by atoms with E-state index in [1.165, 1.54) is 0 Å². The molecule has 3 nitrogen and oxygen atoms in total. The molecule has 1 aromatic carbocycles. The molecule has 0 saturated carbocycles. The number of nitrogen functional groups attached to an aromatic ring is 1. The molecule has 0 bridgehead atoms. The minimum atomic E-state index is 0.158. The van der Waals surface area contributed by atoms with Crippen LogP contribution in [0, 0.1) is 0 Å². The van der Waals surface area contributed by atoms with Gasteiger partial charge in [-0.25, -0.2) is 0 Å². The number of carbonyl (C=O) groups excluding carboxylic acids is 1. The number of anilines is 2. The van der Waals surface area contributed by atoms with Crippen molar-refractivity contribution in [2.45, 2.75) is 26.7 Å². The molecule has 1 aromatic rings. The lowest BCUT2D eigenvalue weighted by atomic mass is 10.2. The van der Waals surface area contributed by atoms with Gasteiger partial charge in [-0.1, -0.05) is 13.0 Å². The summed E-state index contributed by atoms with van der Waals surface area (Å²) in [6.07, 6.45) is 1.46. The molecule has 15 heavy (non-hydrogen) atoms. The third kappa shape index (κ3) is 2.98. The normalized spacial score (nSPS) is 10.0. The Morgan fingerprint density at radius 2 is 2.13 bits per heavy atom. The zero-order valence-corrected chi connectivity index (χ0v) is 9.36. The second kappa shape index (κ2) is 5.39. The Labute approximate surface area is 90.9 Å². The first-order valence-corrected chi connectivity index (χ1v) is 5.35. The van der Waals surface area contributed by atoms with Gasteiger partial charge in [0.15, 0.2) is 0 Å². The van der Waals surface area contributed by atoms with Gasteiger partial charge in [0.05, 0.1) is 0 Å². The fourth-order valence-electron chi connectivity index (χ4n) is 1.54. The molecule has 82 valence electrons. The fourth-order valence-corrected chi connectivity index (χ4v) is 1.54. The summed E-state index contributed by atoms with van der Waals surface area (Å²) >= 11 is 0. The Morgan fingerprint density at radius 1 is 1.40 bits per heavy atom. The van der Waals surface area contributed by atoms with E-state index < -0.39 is 0 Å². The molecule has 1 amide bonds. The summed E-state index contributed by atoms with van der Waals surface area (Å²) in [6.45, 7) is 4.66. The van der Waals surface area contributed by atoms with Crippen LogP contribution in [0.3, 0.4) is 0 Å². The van der Waals surface area contributed by atoms with Crippen LogP contribution >= 0.6 is 0 Å². The van der Waals surface area contributed by atoms with Crippen LogP contribution in [0.2, 0.25) is 0 Å². The molecule has 0 atom stereocenters. The molecule has 0 aliphatic carbocycles. The highest BCUT2D eigenvalue weighted by atomic mass is 16.2. The molecule has 3 heteroatoms. The van der Waals surface area contributed by atoms with Gasteiger partial charge < -0.3 is 10.6 Å². The number of benzene rings is 1. The van der Waals surface area contributed by atoms with E-state index in [0.29, 0.717) is 18.7 Å². The second-order valence-electron chi connectivity index (χ2n) is 3.48. The van der Waals surface area contributed by atoms with Gasteiger partial charge in [-0.15, -0.1) is 0 Å². The van der Waals surface area contributed by atoms with Crippen molar-refractivity contribution < 1.29 is 4.79 Å². The van der Waals surface area contributed by atoms with Crippen LogP contribution in [0.5, 0.6) is 0 Å². The van der Waals surface area contributed by atoms with Crippen LogP contribution in [0.25, 0.3) is 0 Å². The summed E-state index contributed by atoms with van der Waals surface area (Å²) in [5, 5.41) is 0. The number of nitrogens with two attached hydrogens (primary N) is 1. The van der Waals surface area contributed by atoms with Gasteiger partial charge in [0.2, 0.25) is 5.91 Å². The van der Waals surface area contributed by atoms with Crippen molar-refractivity contribution in [3.63, 3.8) is 0 Å². The highest BCUT2D eigenvalue weighted by molar-refractivity contribution is 5.93. The van der Waals surface area contributed by atoms with Crippen LogP contribution < -0.4 is 10.6 Å². The average molecular weight is 206 g/mol. The Balaban J connectivity index is 2.87. The second-order valence-corrected chi connectivity index (χ2v) is 3.48. The lowest BCUT2D eigenvalue weighted by molar-refractivity contribution is -0.118. The Bertz CT molecular complexity index is 336. The minimum Gasteiger partial charge on any atom is -0.399 e. The SMILES string of the molecule is CCCC(=O)N(CC)c1cccc(N)c1. The van der Waals surface area contributed by atoms with Gasteiger partial charge in [0.25, 0.3) is 0 Å². The Kier molecular flexibility index (Phi) is 4.16. The van der Waals surface area contributed by atoms with E-state index in [0.717, 1.165) is 12.1 Å².